The minimum atomic E-state index is -1.00. The number of hydrogen-bond donors (Lipinski definition) is 1. The van der Waals surface area contributed by atoms with Crippen LogP contribution in [0.1, 0.15) is 16.3 Å². The highest BCUT2D eigenvalue weighted by Crippen LogP contribution is 2.14. The van der Waals surface area contributed by atoms with Crippen molar-refractivity contribution in [2.24, 2.45) is 0 Å². The Labute approximate surface area is 119 Å². The van der Waals surface area contributed by atoms with Gasteiger partial charge in [0.05, 0.1) is 23.1 Å². The third-order valence-electron chi connectivity index (χ3n) is 2.70. The van der Waals surface area contributed by atoms with Crippen molar-refractivity contribution >= 4 is 22.1 Å². The molecule has 5 heteroatoms. The normalized spacial score (nSPS) is 12.5. The van der Waals surface area contributed by atoms with Crippen LogP contribution < -0.4 is 0 Å². The summed E-state index contributed by atoms with van der Waals surface area (Å²) in [7, 11) is -1.00. The third-order valence-corrected chi connectivity index (χ3v) is 4.91. The number of thiazole rings is 1. The second kappa shape index (κ2) is 7.53. The lowest BCUT2D eigenvalue weighted by molar-refractivity contribution is 0.321. The molecule has 1 heterocycles. The second-order valence-electron chi connectivity index (χ2n) is 4.23. The van der Waals surface area contributed by atoms with Gasteiger partial charge >= 0.3 is 0 Å². The maximum atomic E-state index is 11.5. The van der Waals surface area contributed by atoms with Gasteiger partial charge in [0, 0.05) is 28.4 Å². The third kappa shape index (κ3) is 4.86. The predicted molar refractivity (Wildman–Crippen MR) is 79.8 cm³/mol. The summed E-state index contributed by atoms with van der Waals surface area (Å²) >= 11 is 1.62. The fourth-order valence-electron chi connectivity index (χ4n) is 1.76. The summed E-state index contributed by atoms with van der Waals surface area (Å²) in [5.74, 6) is 0.777. The maximum Gasteiger partial charge on any atom is 0.0931 e. The van der Waals surface area contributed by atoms with Crippen LogP contribution in [-0.4, -0.2) is 26.7 Å². The average molecular weight is 295 g/mol. The molecule has 2 aromatic rings. The Balaban J connectivity index is 1.85. The molecule has 1 aromatic heterocycles. The lowest BCUT2D eigenvalue weighted by Gasteiger charge is -1.98. The van der Waals surface area contributed by atoms with Gasteiger partial charge in [0.25, 0.3) is 0 Å². The summed E-state index contributed by atoms with van der Waals surface area (Å²) in [5.41, 5.74) is 2.18. The van der Waals surface area contributed by atoms with Crippen molar-refractivity contribution < 1.29 is 9.32 Å². The molecule has 0 amide bonds. The van der Waals surface area contributed by atoms with Gasteiger partial charge in [0.2, 0.25) is 0 Å². The molecule has 3 nitrogen and oxygen atoms in total. The maximum absolute atomic E-state index is 11.5. The number of nitrogens with zero attached hydrogens (tertiary/aromatic N) is 1. The zero-order chi connectivity index (χ0) is 13.5. The number of aryl methyl sites for hydroxylation is 2. The van der Waals surface area contributed by atoms with E-state index in [1.54, 1.807) is 11.3 Å². The highest BCUT2D eigenvalue weighted by atomic mass is 32.2. The van der Waals surface area contributed by atoms with Crippen LogP contribution in [0, 0.1) is 0 Å². The molecule has 19 heavy (non-hydrogen) atoms. The molecule has 2 rings (SSSR count). The van der Waals surface area contributed by atoms with E-state index in [1.165, 1.54) is 5.56 Å². The van der Waals surface area contributed by atoms with Gasteiger partial charge in [0.15, 0.2) is 0 Å². The summed E-state index contributed by atoms with van der Waals surface area (Å²) in [6.45, 7) is -0.0301. The van der Waals surface area contributed by atoms with E-state index >= 15 is 0 Å². The fourth-order valence-corrected chi connectivity index (χ4v) is 3.49. The second-order valence-corrected chi connectivity index (χ2v) is 6.75. The van der Waals surface area contributed by atoms with E-state index < -0.39 is 10.8 Å². The van der Waals surface area contributed by atoms with E-state index in [0.717, 1.165) is 23.5 Å². The molecule has 102 valence electrons. The standard InChI is InChI=1S/C14H17NO2S2/c16-8-9-19(17)11-13-10-18-14(15-13)7-6-12-4-2-1-3-5-12/h1-5,10,16H,6-9,11H2. The lowest BCUT2D eigenvalue weighted by Crippen LogP contribution is -2.04. The van der Waals surface area contributed by atoms with Crippen LogP contribution in [0.25, 0.3) is 0 Å². The number of benzene rings is 1. The minimum Gasteiger partial charge on any atom is -0.395 e. The summed E-state index contributed by atoms with van der Waals surface area (Å²) in [4.78, 5) is 4.49. The largest absolute Gasteiger partial charge is 0.395 e. The Morgan fingerprint density at radius 3 is 2.74 bits per heavy atom. The van der Waals surface area contributed by atoms with Crippen molar-refractivity contribution in [3.8, 4) is 0 Å². The number of aliphatic hydroxyl groups excluding tert-OH is 1. The lowest BCUT2D eigenvalue weighted by atomic mass is 10.1. The van der Waals surface area contributed by atoms with Crippen LogP contribution >= 0.6 is 11.3 Å². The van der Waals surface area contributed by atoms with E-state index in [1.807, 2.05) is 23.6 Å². The summed E-state index contributed by atoms with van der Waals surface area (Å²) in [5, 5.41) is 11.8. The van der Waals surface area contributed by atoms with Crippen molar-refractivity contribution in [3.05, 3.63) is 52.0 Å². The quantitative estimate of drug-likeness (QED) is 0.851. The van der Waals surface area contributed by atoms with Gasteiger partial charge in [-0.2, -0.15) is 0 Å². The molecular formula is C14H17NO2S2. The van der Waals surface area contributed by atoms with Gasteiger partial charge in [-0.3, -0.25) is 4.21 Å². The van der Waals surface area contributed by atoms with Crippen molar-refractivity contribution in [1.82, 2.24) is 4.98 Å². The smallest absolute Gasteiger partial charge is 0.0931 e. The van der Waals surface area contributed by atoms with Gasteiger partial charge in [-0.25, -0.2) is 4.98 Å². The number of hydrogen-bond acceptors (Lipinski definition) is 4. The molecule has 0 fully saturated rings. The summed E-state index contributed by atoms with van der Waals surface area (Å²) in [6.07, 6.45) is 1.90. The first-order chi connectivity index (χ1) is 9.28. The molecule has 0 radical (unpaired) electrons. The Morgan fingerprint density at radius 2 is 2.00 bits per heavy atom. The van der Waals surface area contributed by atoms with Crippen LogP contribution in [0.4, 0.5) is 0 Å². The topological polar surface area (TPSA) is 50.2 Å². The Kier molecular flexibility index (Phi) is 5.69. The van der Waals surface area contributed by atoms with Crippen LogP contribution in [0.15, 0.2) is 35.7 Å². The van der Waals surface area contributed by atoms with E-state index in [9.17, 15) is 4.21 Å². The Hall–Kier alpha value is -1.04. The molecule has 0 saturated heterocycles. The number of aromatic nitrogens is 1. The first-order valence-electron chi connectivity index (χ1n) is 6.21. The summed E-state index contributed by atoms with van der Waals surface area (Å²) < 4.78 is 11.5. The molecule has 0 spiro atoms. The van der Waals surface area contributed by atoms with E-state index in [0.29, 0.717) is 11.5 Å². The van der Waals surface area contributed by atoms with Gasteiger partial charge in [-0.1, -0.05) is 30.3 Å². The molecule has 0 aliphatic rings. The van der Waals surface area contributed by atoms with E-state index in [4.69, 9.17) is 5.11 Å². The minimum absolute atomic E-state index is 0.0301. The van der Waals surface area contributed by atoms with Crippen molar-refractivity contribution in [1.29, 1.82) is 0 Å². The molecule has 1 atom stereocenters. The fraction of sp³-hybridized carbons (Fsp3) is 0.357. The van der Waals surface area contributed by atoms with E-state index in [-0.39, 0.29) is 6.61 Å². The predicted octanol–water partition coefficient (Wildman–Crippen LogP) is 2.17. The summed E-state index contributed by atoms with van der Waals surface area (Å²) in [6, 6.07) is 10.3. The molecule has 0 saturated carbocycles. The van der Waals surface area contributed by atoms with E-state index in [2.05, 4.69) is 17.1 Å². The Bertz CT molecular complexity index is 525. The number of aliphatic hydroxyl groups is 1. The molecule has 1 N–H and O–H groups in total. The first-order valence-corrected chi connectivity index (χ1v) is 8.57. The zero-order valence-electron chi connectivity index (χ0n) is 10.6. The van der Waals surface area contributed by atoms with Crippen LogP contribution in [-0.2, 0) is 29.4 Å². The molecule has 0 aliphatic heterocycles. The monoisotopic (exact) mass is 295 g/mol. The van der Waals surface area contributed by atoms with Crippen LogP contribution in [0.3, 0.4) is 0 Å². The van der Waals surface area contributed by atoms with Crippen LogP contribution in [0.5, 0.6) is 0 Å². The zero-order valence-corrected chi connectivity index (χ0v) is 12.3. The first kappa shape index (κ1) is 14.4. The Morgan fingerprint density at radius 1 is 1.21 bits per heavy atom. The highest BCUT2D eigenvalue weighted by molar-refractivity contribution is 7.84. The molecule has 0 bridgehead atoms. The van der Waals surface area contributed by atoms with Crippen molar-refractivity contribution in [2.75, 3.05) is 12.4 Å². The van der Waals surface area contributed by atoms with Gasteiger partial charge < -0.3 is 5.11 Å². The van der Waals surface area contributed by atoms with Gasteiger partial charge in [-0.15, -0.1) is 11.3 Å². The van der Waals surface area contributed by atoms with Crippen molar-refractivity contribution in [2.45, 2.75) is 18.6 Å². The SMILES string of the molecule is O=S(CCO)Cc1csc(CCc2ccccc2)n1. The highest BCUT2D eigenvalue weighted by Gasteiger charge is 2.06. The molecular weight excluding hydrogens is 278 g/mol. The van der Waals surface area contributed by atoms with Crippen LogP contribution in [0.2, 0.25) is 0 Å². The molecule has 1 unspecified atom stereocenters. The van der Waals surface area contributed by atoms with Crippen molar-refractivity contribution in [3.63, 3.8) is 0 Å². The average Bonchev–Trinajstić information content (AvgIpc) is 2.85. The van der Waals surface area contributed by atoms with Gasteiger partial charge in [-0.05, 0) is 12.0 Å². The van der Waals surface area contributed by atoms with Gasteiger partial charge in [0.1, 0.15) is 0 Å². The molecule has 0 aliphatic carbocycles. The molecule has 1 aromatic carbocycles. The number of rotatable bonds is 7.